The number of fused-ring (bicyclic) bond motifs is 1. The van der Waals surface area contributed by atoms with Gasteiger partial charge in [-0.1, -0.05) is 24.3 Å². The Morgan fingerprint density at radius 1 is 1.30 bits per heavy atom. The summed E-state index contributed by atoms with van der Waals surface area (Å²) in [5.41, 5.74) is 2.36. The molecule has 1 aromatic carbocycles. The van der Waals surface area contributed by atoms with E-state index in [0.29, 0.717) is 6.54 Å². The highest BCUT2D eigenvalue weighted by atomic mass is 79.9. The predicted octanol–water partition coefficient (Wildman–Crippen LogP) is 3.30. The number of pyridine rings is 1. The summed E-state index contributed by atoms with van der Waals surface area (Å²) in [5.74, 6) is 0. The predicted molar refractivity (Wildman–Crippen MR) is 81.4 cm³/mol. The van der Waals surface area contributed by atoms with E-state index in [-0.39, 0.29) is 0 Å². The molecule has 0 aliphatic heterocycles. The Hall–Kier alpha value is -1.72. The second kappa shape index (κ2) is 5.34. The third-order valence-electron chi connectivity index (χ3n) is 3.35. The summed E-state index contributed by atoms with van der Waals surface area (Å²) in [5, 5.41) is 16.0. The number of aryl methyl sites for hydroxylation is 1. The molecule has 1 N–H and O–H groups in total. The number of hydrogen-bond donors (Lipinski definition) is 1. The van der Waals surface area contributed by atoms with Gasteiger partial charge < -0.3 is 5.11 Å². The molecule has 20 heavy (non-hydrogen) atoms. The Bertz CT molecular complexity index is 748. The Labute approximate surface area is 125 Å². The number of halogens is 1. The third kappa shape index (κ3) is 2.13. The van der Waals surface area contributed by atoms with Crippen molar-refractivity contribution in [3.8, 4) is 0 Å². The fraction of sp³-hybridized carbons (Fsp3) is 0.200. The van der Waals surface area contributed by atoms with E-state index in [2.05, 4.69) is 26.0 Å². The Morgan fingerprint density at radius 3 is 2.90 bits per heavy atom. The maximum atomic E-state index is 10.7. The van der Waals surface area contributed by atoms with E-state index in [0.717, 1.165) is 26.6 Å². The van der Waals surface area contributed by atoms with Crippen LogP contribution in [0.15, 0.2) is 47.2 Å². The number of aliphatic hydroxyl groups excluding tert-OH is 1. The molecule has 0 bridgehead atoms. The molecule has 0 spiro atoms. The van der Waals surface area contributed by atoms with Crippen LogP contribution in [0.5, 0.6) is 0 Å². The number of nitrogens with zero attached hydrogens (tertiary/aromatic N) is 3. The molecule has 1 atom stereocenters. The monoisotopic (exact) mass is 331 g/mol. The molecule has 0 radical (unpaired) electrons. The van der Waals surface area contributed by atoms with E-state index in [4.69, 9.17) is 0 Å². The molecule has 0 aliphatic carbocycles. The van der Waals surface area contributed by atoms with Crippen LogP contribution in [0.25, 0.3) is 10.9 Å². The Kier molecular flexibility index (Phi) is 3.54. The van der Waals surface area contributed by atoms with Crippen LogP contribution in [0.2, 0.25) is 0 Å². The number of rotatable bonds is 3. The molecule has 0 amide bonds. The molecule has 0 saturated carbocycles. The van der Waals surface area contributed by atoms with Crippen LogP contribution in [-0.2, 0) is 6.54 Å². The van der Waals surface area contributed by atoms with Crippen LogP contribution in [0.4, 0.5) is 0 Å². The zero-order valence-electron chi connectivity index (χ0n) is 11.0. The van der Waals surface area contributed by atoms with Crippen LogP contribution in [0.1, 0.15) is 24.3 Å². The molecule has 2 aromatic heterocycles. The maximum absolute atomic E-state index is 10.7. The lowest BCUT2D eigenvalue weighted by molar-refractivity contribution is 0.208. The Morgan fingerprint density at radius 2 is 2.10 bits per heavy atom. The van der Waals surface area contributed by atoms with Crippen molar-refractivity contribution in [2.24, 2.45) is 0 Å². The first-order chi connectivity index (χ1) is 9.72. The van der Waals surface area contributed by atoms with E-state index in [1.54, 1.807) is 17.1 Å². The van der Waals surface area contributed by atoms with Crippen LogP contribution >= 0.6 is 15.9 Å². The fourth-order valence-corrected chi connectivity index (χ4v) is 2.90. The number of hydrogen-bond acceptors (Lipinski definition) is 3. The van der Waals surface area contributed by atoms with Gasteiger partial charge in [-0.2, -0.15) is 5.10 Å². The van der Waals surface area contributed by atoms with Gasteiger partial charge in [0.15, 0.2) is 0 Å². The SMILES string of the molecule is CCn1ncc(Br)c1C(O)c1cccc2cccnc12. The van der Waals surface area contributed by atoms with E-state index in [1.165, 1.54) is 0 Å². The Balaban J connectivity index is 2.17. The average Bonchev–Trinajstić information content (AvgIpc) is 2.87. The van der Waals surface area contributed by atoms with Gasteiger partial charge in [0.2, 0.25) is 0 Å². The minimum absolute atomic E-state index is 0.705. The minimum Gasteiger partial charge on any atom is -0.382 e. The lowest BCUT2D eigenvalue weighted by Crippen LogP contribution is -2.10. The molecular weight excluding hydrogens is 318 g/mol. The van der Waals surface area contributed by atoms with Crippen molar-refractivity contribution in [3.63, 3.8) is 0 Å². The highest BCUT2D eigenvalue weighted by Gasteiger charge is 2.21. The molecule has 102 valence electrons. The molecule has 0 fully saturated rings. The number of para-hydroxylation sites is 1. The molecule has 3 rings (SSSR count). The van der Waals surface area contributed by atoms with Gasteiger partial charge in [0.1, 0.15) is 6.10 Å². The highest BCUT2D eigenvalue weighted by Crippen LogP contribution is 2.31. The van der Waals surface area contributed by atoms with Crippen molar-refractivity contribution in [2.75, 3.05) is 0 Å². The van der Waals surface area contributed by atoms with Gasteiger partial charge in [-0.3, -0.25) is 9.67 Å². The zero-order chi connectivity index (χ0) is 14.1. The van der Waals surface area contributed by atoms with Crippen LogP contribution in [0.3, 0.4) is 0 Å². The largest absolute Gasteiger partial charge is 0.382 e. The molecule has 2 heterocycles. The van der Waals surface area contributed by atoms with E-state index >= 15 is 0 Å². The maximum Gasteiger partial charge on any atom is 0.124 e. The summed E-state index contributed by atoms with van der Waals surface area (Å²) in [6.45, 7) is 2.70. The first-order valence-corrected chi connectivity index (χ1v) is 7.24. The van der Waals surface area contributed by atoms with Gasteiger partial charge in [-0.15, -0.1) is 0 Å². The quantitative estimate of drug-likeness (QED) is 0.801. The van der Waals surface area contributed by atoms with Crippen molar-refractivity contribution in [3.05, 3.63) is 58.5 Å². The lowest BCUT2D eigenvalue weighted by atomic mass is 10.0. The standard InChI is InChI=1S/C15H14BrN3O/c1-2-19-14(12(16)9-18-19)15(20)11-7-3-5-10-6-4-8-17-13(10)11/h3-9,15,20H,2H2,1H3. The van der Waals surface area contributed by atoms with Gasteiger partial charge in [0, 0.05) is 23.7 Å². The molecule has 0 aliphatic rings. The van der Waals surface area contributed by atoms with Gasteiger partial charge in [-0.25, -0.2) is 0 Å². The van der Waals surface area contributed by atoms with Crippen molar-refractivity contribution in [1.82, 2.24) is 14.8 Å². The lowest BCUT2D eigenvalue weighted by Gasteiger charge is -2.15. The summed E-state index contributed by atoms with van der Waals surface area (Å²) in [7, 11) is 0. The van der Waals surface area contributed by atoms with Crippen molar-refractivity contribution < 1.29 is 5.11 Å². The van der Waals surface area contributed by atoms with E-state index in [9.17, 15) is 5.11 Å². The summed E-state index contributed by atoms with van der Waals surface area (Å²) in [6, 6.07) is 9.71. The van der Waals surface area contributed by atoms with Gasteiger partial charge >= 0.3 is 0 Å². The van der Waals surface area contributed by atoms with Crippen molar-refractivity contribution in [2.45, 2.75) is 19.6 Å². The second-order valence-corrected chi connectivity index (χ2v) is 5.37. The van der Waals surface area contributed by atoms with Crippen LogP contribution in [-0.4, -0.2) is 19.9 Å². The first-order valence-electron chi connectivity index (χ1n) is 6.45. The minimum atomic E-state index is -0.759. The summed E-state index contributed by atoms with van der Waals surface area (Å²) >= 11 is 3.46. The molecule has 5 heteroatoms. The molecule has 0 saturated heterocycles. The number of aromatic nitrogens is 3. The summed E-state index contributed by atoms with van der Waals surface area (Å²) in [4.78, 5) is 4.39. The fourth-order valence-electron chi connectivity index (χ4n) is 2.39. The first kappa shape index (κ1) is 13.3. The van der Waals surface area contributed by atoms with Crippen LogP contribution in [0, 0.1) is 0 Å². The number of aliphatic hydroxyl groups is 1. The number of benzene rings is 1. The summed E-state index contributed by atoms with van der Waals surface area (Å²) in [6.07, 6.45) is 2.69. The van der Waals surface area contributed by atoms with E-state index in [1.807, 2.05) is 37.3 Å². The van der Waals surface area contributed by atoms with Gasteiger partial charge in [0.25, 0.3) is 0 Å². The molecule has 4 nitrogen and oxygen atoms in total. The van der Waals surface area contributed by atoms with Gasteiger partial charge in [-0.05, 0) is 28.9 Å². The van der Waals surface area contributed by atoms with Gasteiger partial charge in [0.05, 0.1) is 21.9 Å². The second-order valence-electron chi connectivity index (χ2n) is 4.52. The topological polar surface area (TPSA) is 50.9 Å². The van der Waals surface area contributed by atoms with Crippen molar-refractivity contribution >= 4 is 26.8 Å². The normalized spacial score (nSPS) is 12.8. The summed E-state index contributed by atoms with van der Waals surface area (Å²) < 4.78 is 2.59. The molecule has 1 unspecified atom stereocenters. The van der Waals surface area contributed by atoms with Crippen LogP contribution < -0.4 is 0 Å². The smallest absolute Gasteiger partial charge is 0.124 e. The zero-order valence-corrected chi connectivity index (χ0v) is 12.6. The third-order valence-corrected chi connectivity index (χ3v) is 3.96. The van der Waals surface area contributed by atoms with Crippen molar-refractivity contribution in [1.29, 1.82) is 0 Å². The molecule has 3 aromatic rings. The molecular formula is C15H14BrN3O. The average molecular weight is 332 g/mol. The highest BCUT2D eigenvalue weighted by molar-refractivity contribution is 9.10. The van der Waals surface area contributed by atoms with E-state index < -0.39 is 6.10 Å².